The summed E-state index contributed by atoms with van der Waals surface area (Å²) < 4.78 is 0. The molecule has 0 saturated carbocycles. The van der Waals surface area contributed by atoms with Crippen LogP contribution in [0.4, 0.5) is 5.69 Å². The average Bonchev–Trinajstić information content (AvgIpc) is 2.32. The lowest BCUT2D eigenvalue weighted by Gasteiger charge is -2.17. The van der Waals surface area contributed by atoms with Crippen molar-refractivity contribution in [2.45, 2.75) is 13.0 Å². The number of halogens is 1. The fourth-order valence-corrected chi connectivity index (χ4v) is 1.93. The third kappa shape index (κ3) is 2.71. The second-order valence-electron chi connectivity index (χ2n) is 3.90. The van der Waals surface area contributed by atoms with Gasteiger partial charge in [-0.15, -0.1) is 0 Å². The maximum atomic E-state index is 9.76. The van der Waals surface area contributed by atoms with Gasteiger partial charge in [0.25, 0.3) is 0 Å². The predicted octanol–water partition coefficient (Wildman–Crippen LogP) is 4.22. The van der Waals surface area contributed by atoms with Crippen LogP contribution >= 0.6 is 11.6 Å². The molecular weight excluding hydrogens is 234 g/mol. The number of phenols is 1. The van der Waals surface area contributed by atoms with E-state index in [9.17, 15) is 5.11 Å². The highest BCUT2D eigenvalue weighted by Crippen LogP contribution is 2.29. The van der Waals surface area contributed by atoms with Crippen LogP contribution in [0, 0.1) is 0 Å². The van der Waals surface area contributed by atoms with E-state index in [1.54, 1.807) is 12.1 Å². The van der Waals surface area contributed by atoms with Gasteiger partial charge in [0.1, 0.15) is 5.75 Å². The molecule has 0 saturated heterocycles. The Labute approximate surface area is 106 Å². The highest BCUT2D eigenvalue weighted by molar-refractivity contribution is 6.33. The van der Waals surface area contributed by atoms with Crippen LogP contribution in [0.25, 0.3) is 0 Å². The minimum atomic E-state index is -0.00361. The number of rotatable bonds is 3. The van der Waals surface area contributed by atoms with Crippen LogP contribution < -0.4 is 5.32 Å². The van der Waals surface area contributed by atoms with E-state index in [1.165, 1.54) is 0 Å². The van der Waals surface area contributed by atoms with Gasteiger partial charge in [-0.1, -0.05) is 41.9 Å². The van der Waals surface area contributed by atoms with E-state index < -0.39 is 0 Å². The molecule has 0 aliphatic heterocycles. The van der Waals surface area contributed by atoms with Crippen LogP contribution in [-0.4, -0.2) is 5.11 Å². The number of hydrogen-bond acceptors (Lipinski definition) is 2. The number of hydrogen-bond donors (Lipinski definition) is 2. The van der Waals surface area contributed by atoms with E-state index in [4.69, 9.17) is 11.6 Å². The topological polar surface area (TPSA) is 32.3 Å². The van der Waals surface area contributed by atoms with Crippen molar-refractivity contribution in [1.82, 2.24) is 0 Å². The summed E-state index contributed by atoms with van der Waals surface area (Å²) in [4.78, 5) is 0. The third-order valence-electron chi connectivity index (χ3n) is 2.65. The highest BCUT2D eigenvalue weighted by atomic mass is 35.5. The lowest BCUT2D eigenvalue weighted by molar-refractivity contribution is 0.465. The van der Waals surface area contributed by atoms with Crippen LogP contribution in [0.1, 0.15) is 18.5 Å². The average molecular weight is 248 g/mol. The molecule has 17 heavy (non-hydrogen) atoms. The summed E-state index contributed by atoms with van der Waals surface area (Å²) in [5, 5.41) is 13.7. The molecule has 1 atom stereocenters. The summed E-state index contributed by atoms with van der Waals surface area (Å²) in [5.41, 5.74) is 1.72. The van der Waals surface area contributed by atoms with Gasteiger partial charge in [0.05, 0.1) is 16.8 Å². The Morgan fingerprint density at radius 2 is 1.71 bits per heavy atom. The molecule has 0 aliphatic rings. The van der Waals surface area contributed by atoms with Crippen LogP contribution in [0.5, 0.6) is 5.75 Å². The second kappa shape index (κ2) is 5.11. The van der Waals surface area contributed by atoms with Crippen LogP contribution in [0.15, 0.2) is 48.5 Å². The summed E-state index contributed by atoms with van der Waals surface area (Å²) in [6.07, 6.45) is 0. The van der Waals surface area contributed by atoms with E-state index in [-0.39, 0.29) is 6.04 Å². The molecule has 2 aromatic rings. The largest absolute Gasteiger partial charge is 0.508 e. The number of para-hydroxylation sites is 2. The Morgan fingerprint density at radius 3 is 2.41 bits per heavy atom. The number of aromatic hydroxyl groups is 1. The summed E-state index contributed by atoms with van der Waals surface area (Å²) in [5.74, 6) is 0.291. The van der Waals surface area contributed by atoms with Crippen LogP contribution in [0.3, 0.4) is 0 Å². The van der Waals surface area contributed by atoms with Gasteiger partial charge in [0.15, 0.2) is 0 Å². The number of phenolic OH excluding ortho intramolecular Hbond substituents is 1. The molecule has 2 nitrogen and oxygen atoms in total. The summed E-state index contributed by atoms with van der Waals surface area (Å²) >= 11 is 6.07. The summed E-state index contributed by atoms with van der Waals surface area (Å²) in [6.45, 7) is 1.98. The molecule has 2 aromatic carbocycles. The predicted molar refractivity (Wildman–Crippen MR) is 71.6 cm³/mol. The van der Waals surface area contributed by atoms with Gasteiger partial charge >= 0.3 is 0 Å². The van der Waals surface area contributed by atoms with Crippen molar-refractivity contribution in [3.63, 3.8) is 0 Å². The van der Waals surface area contributed by atoms with Crippen molar-refractivity contribution in [3.8, 4) is 5.75 Å². The smallest absolute Gasteiger partial charge is 0.120 e. The van der Waals surface area contributed by atoms with Crippen molar-refractivity contribution in [3.05, 3.63) is 59.1 Å². The Kier molecular flexibility index (Phi) is 3.55. The molecule has 0 spiro atoms. The molecule has 0 fully saturated rings. The minimum absolute atomic E-state index is 0.00361. The van der Waals surface area contributed by atoms with Gasteiger partial charge in [-0.25, -0.2) is 0 Å². The highest BCUT2D eigenvalue weighted by Gasteiger charge is 2.10. The molecular formula is C14H14ClNO. The zero-order valence-corrected chi connectivity index (χ0v) is 10.3. The lowest BCUT2D eigenvalue weighted by atomic mass is 10.1. The molecule has 0 radical (unpaired) electrons. The Balaban J connectivity index is 2.20. The first-order chi connectivity index (χ1) is 8.18. The zero-order chi connectivity index (χ0) is 12.3. The maximum Gasteiger partial charge on any atom is 0.120 e. The summed E-state index contributed by atoms with van der Waals surface area (Å²) in [7, 11) is 0. The van der Waals surface area contributed by atoms with Crippen molar-refractivity contribution in [2.24, 2.45) is 0 Å². The van der Waals surface area contributed by atoms with Crippen molar-refractivity contribution in [1.29, 1.82) is 0 Å². The molecule has 3 heteroatoms. The van der Waals surface area contributed by atoms with Crippen LogP contribution in [-0.2, 0) is 0 Å². The maximum absolute atomic E-state index is 9.76. The third-order valence-corrected chi connectivity index (χ3v) is 2.98. The SMILES string of the molecule is CC(Nc1ccccc1Cl)c1ccccc1O. The van der Waals surface area contributed by atoms with E-state index in [2.05, 4.69) is 5.32 Å². The fourth-order valence-electron chi connectivity index (χ4n) is 1.74. The molecule has 1 unspecified atom stereocenters. The van der Waals surface area contributed by atoms with Gasteiger partial charge in [-0.3, -0.25) is 0 Å². The van der Waals surface area contributed by atoms with E-state index in [0.29, 0.717) is 10.8 Å². The van der Waals surface area contributed by atoms with Gasteiger partial charge in [0.2, 0.25) is 0 Å². The van der Waals surface area contributed by atoms with Gasteiger partial charge in [0, 0.05) is 5.56 Å². The quantitative estimate of drug-likeness (QED) is 0.851. The Bertz CT molecular complexity index is 513. The Hall–Kier alpha value is -1.67. The Morgan fingerprint density at radius 1 is 1.06 bits per heavy atom. The first kappa shape index (κ1) is 11.8. The van der Waals surface area contributed by atoms with Crippen molar-refractivity contribution in [2.75, 3.05) is 5.32 Å². The first-order valence-corrected chi connectivity index (χ1v) is 5.85. The normalized spacial score (nSPS) is 12.1. The lowest BCUT2D eigenvalue weighted by Crippen LogP contribution is -2.06. The number of anilines is 1. The van der Waals surface area contributed by atoms with Crippen LogP contribution in [0.2, 0.25) is 5.02 Å². The molecule has 0 bridgehead atoms. The molecule has 0 aromatic heterocycles. The van der Waals surface area contributed by atoms with Crippen molar-refractivity contribution >= 4 is 17.3 Å². The number of benzene rings is 2. The van der Waals surface area contributed by atoms with E-state index in [0.717, 1.165) is 11.3 Å². The van der Waals surface area contributed by atoms with Gasteiger partial charge in [-0.2, -0.15) is 0 Å². The molecule has 0 aliphatic carbocycles. The molecule has 0 heterocycles. The molecule has 2 rings (SSSR count). The monoisotopic (exact) mass is 247 g/mol. The van der Waals surface area contributed by atoms with E-state index in [1.807, 2.05) is 43.3 Å². The summed E-state index contributed by atoms with van der Waals surface area (Å²) in [6, 6.07) is 14.8. The number of nitrogens with one attached hydrogen (secondary N) is 1. The van der Waals surface area contributed by atoms with Gasteiger partial charge < -0.3 is 10.4 Å². The molecule has 0 amide bonds. The molecule has 88 valence electrons. The second-order valence-corrected chi connectivity index (χ2v) is 4.31. The molecule has 2 N–H and O–H groups in total. The first-order valence-electron chi connectivity index (χ1n) is 5.47. The van der Waals surface area contributed by atoms with E-state index >= 15 is 0 Å². The minimum Gasteiger partial charge on any atom is -0.508 e. The fraction of sp³-hybridized carbons (Fsp3) is 0.143. The standard InChI is InChI=1S/C14H14ClNO/c1-10(11-6-2-5-9-14(11)17)16-13-8-4-3-7-12(13)15/h2-10,16-17H,1H3. The van der Waals surface area contributed by atoms with Gasteiger partial charge in [-0.05, 0) is 25.1 Å². The zero-order valence-electron chi connectivity index (χ0n) is 9.52. The van der Waals surface area contributed by atoms with Crippen molar-refractivity contribution < 1.29 is 5.11 Å².